The monoisotopic (exact) mass is 168 g/mol. The fourth-order valence-corrected chi connectivity index (χ4v) is 2.85. The first-order chi connectivity index (χ1) is 5.79. The molecule has 1 aliphatic heterocycles. The third-order valence-corrected chi connectivity index (χ3v) is 3.74. The van der Waals surface area contributed by atoms with Crippen LogP contribution in [-0.2, 0) is 0 Å². The Labute approximate surface area is 75.1 Å². The van der Waals surface area contributed by atoms with Gasteiger partial charge in [0, 0.05) is 18.1 Å². The Balaban J connectivity index is 2.04. The van der Waals surface area contributed by atoms with Crippen LogP contribution in [0.25, 0.3) is 0 Å². The Bertz CT molecular complexity index is 161. The third-order valence-electron chi connectivity index (χ3n) is 3.74. The maximum atomic E-state index is 6.15. The van der Waals surface area contributed by atoms with Crippen LogP contribution in [0.3, 0.4) is 0 Å². The number of hydrogen-bond acceptors (Lipinski definition) is 2. The summed E-state index contributed by atoms with van der Waals surface area (Å²) in [5, 5.41) is 0. The molecular formula is C10H20N2. The molecule has 12 heavy (non-hydrogen) atoms. The van der Waals surface area contributed by atoms with Crippen LogP contribution in [0.2, 0.25) is 0 Å². The minimum Gasteiger partial charge on any atom is -0.326 e. The van der Waals surface area contributed by atoms with E-state index in [2.05, 4.69) is 11.8 Å². The summed E-state index contributed by atoms with van der Waals surface area (Å²) < 4.78 is 0. The molecule has 1 aliphatic carbocycles. The number of rotatable bonds is 2. The highest BCUT2D eigenvalue weighted by molar-refractivity contribution is 5.09. The van der Waals surface area contributed by atoms with Gasteiger partial charge in [-0.15, -0.1) is 0 Å². The molecule has 1 saturated heterocycles. The summed E-state index contributed by atoms with van der Waals surface area (Å²) in [6, 6.07) is 0.470. The maximum Gasteiger partial charge on any atom is 0.0360 e. The summed E-state index contributed by atoms with van der Waals surface area (Å²) in [4.78, 5) is 2.64. The molecule has 0 radical (unpaired) electrons. The highest BCUT2D eigenvalue weighted by Gasteiger charge is 2.50. The number of likely N-dealkylation sites (tertiary alicyclic amines) is 1. The van der Waals surface area contributed by atoms with Crippen molar-refractivity contribution in [3.8, 4) is 0 Å². The first-order valence-corrected chi connectivity index (χ1v) is 5.30. The normalized spacial score (nSPS) is 34.0. The van der Waals surface area contributed by atoms with Gasteiger partial charge in [0.15, 0.2) is 0 Å². The zero-order valence-electron chi connectivity index (χ0n) is 8.05. The molecule has 70 valence electrons. The van der Waals surface area contributed by atoms with Crippen LogP contribution in [0.15, 0.2) is 0 Å². The Hall–Kier alpha value is -0.0800. The molecule has 1 saturated carbocycles. The molecule has 0 aromatic rings. The molecule has 0 bridgehead atoms. The molecule has 0 amide bonds. The number of hydrogen-bond donors (Lipinski definition) is 1. The highest BCUT2D eigenvalue weighted by Crippen LogP contribution is 2.44. The Morgan fingerprint density at radius 1 is 1.50 bits per heavy atom. The molecule has 0 aromatic carbocycles. The van der Waals surface area contributed by atoms with E-state index in [-0.39, 0.29) is 0 Å². The van der Waals surface area contributed by atoms with E-state index >= 15 is 0 Å². The van der Waals surface area contributed by atoms with Crippen molar-refractivity contribution in [3.63, 3.8) is 0 Å². The van der Waals surface area contributed by atoms with E-state index in [1.807, 2.05) is 0 Å². The lowest BCUT2D eigenvalue weighted by Gasteiger charge is -2.48. The molecular weight excluding hydrogens is 148 g/mol. The van der Waals surface area contributed by atoms with E-state index in [0.717, 1.165) is 0 Å². The van der Waals surface area contributed by atoms with E-state index in [9.17, 15) is 0 Å². The molecule has 1 atom stereocenters. The molecule has 2 fully saturated rings. The summed E-state index contributed by atoms with van der Waals surface area (Å²) in [6.07, 6.45) is 6.60. The number of nitrogens with zero attached hydrogens (tertiary/aromatic N) is 1. The van der Waals surface area contributed by atoms with Gasteiger partial charge >= 0.3 is 0 Å². The minimum atomic E-state index is 0.454. The van der Waals surface area contributed by atoms with Gasteiger partial charge in [-0.25, -0.2) is 0 Å². The second-order valence-corrected chi connectivity index (χ2v) is 4.34. The van der Waals surface area contributed by atoms with Crippen LogP contribution in [0.5, 0.6) is 0 Å². The lowest BCUT2D eigenvalue weighted by molar-refractivity contribution is 0.0444. The van der Waals surface area contributed by atoms with E-state index in [1.165, 1.54) is 45.2 Å². The molecule has 0 aromatic heterocycles. The van der Waals surface area contributed by atoms with Gasteiger partial charge in [0.05, 0.1) is 0 Å². The first-order valence-electron chi connectivity index (χ1n) is 5.30. The lowest BCUT2D eigenvalue weighted by atomic mass is 9.72. The fraction of sp³-hybridized carbons (Fsp3) is 1.00. The van der Waals surface area contributed by atoms with Crippen LogP contribution in [0.1, 0.15) is 39.0 Å². The zero-order chi connectivity index (χ0) is 8.60. The predicted molar refractivity (Wildman–Crippen MR) is 51.0 cm³/mol. The van der Waals surface area contributed by atoms with Crippen molar-refractivity contribution >= 4 is 0 Å². The van der Waals surface area contributed by atoms with Crippen molar-refractivity contribution in [2.24, 2.45) is 5.73 Å². The molecule has 2 nitrogen and oxygen atoms in total. The van der Waals surface area contributed by atoms with E-state index < -0.39 is 0 Å². The summed E-state index contributed by atoms with van der Waals surface area (Å²) in [5.41, 5.74) is 6.61. The summed E-state index contributed by atoms with van der Waals surface area (Å²) in [6.45, 7) is 4.76. The van der Waals surface area contributed by atoms with E-state index in [4.69, 9.17) is 5.73 Å². The molecule has 1 heterocycles. The molecule has 2 rings (SSSR count). The second-order valence-electron chi connectivity index (χ2n) is 4.34. The lowest BCUT2D eigenvalue weighted by Crippen LogP contribution is -2.58. The Morgan fingerprint density at radius 3 is 2.75 bits per heavy atom. The van der Waals surface area contributed by atoms with Crippen molar-refractivity contribution in [1.29, 1.82) is 0 Å². The van der Waals surface area contributed by atoms with Gasteiger partial charge in [-0.3, -0.25) is 4.90 Å². The average molecular weight is 168 g/mol. The van der Waals surface area contributed by atoms with Crippen LogP contribution in [-0.4, -0.2) is 29.6 Å². The fourth-order valence-electron chi connectivity index (χ4n) is 2.85. The predicted octanol–water partition coefficient (Wildman–Crippen LogP) is 1.35. The van der Waals surface area contributed by atoms with Crippen molar-refractivity contribution in [1.82, 2.24) is 4.90 Å². The van der Waals surface area contributed by atoms with Gasteiger partial charge in [-0.2, -0.15) is 0 Å². The SMILES string of the molecule is CCCN1CCC(N)C12CCC2. The van der Waals surface area contributed by atoms with Crippen LogP contribution >= 0.6 is 0 Å². The average Bonchev–Trinajstić information content (AvgIpc) is 2.27. The van der Waals surface area contributed by atoms with Crippen molar-refractivity contribution in [2.75, 3.05) is 13.1 Å². The number of nitrogens with two attached hydrogens (primary N) is 1. The standard InChI is InChI=1S/C10H20N2/c1-2-7-12-8-4-9(11)10(12)5-3-6-10/h9H,2-8,11H2,1H3. The summed E-state index contributed by atoms with van der Waals surface area (Å²) in [7, 11) is 0. The van der Waals surface area contributed by atoms with Gasteiger partial charge in [0.2, 0.25) is 0 Å². The van der Waals surface area contributed by atoms with Gasteiger partial charge in [0.25, 0.3) is 0 Å². The highest BCUT2D eigenvalue weighted by atomic mass is 15.3. The Morgan fingerprint density at radius 2 is 2.25 bits per heavy atom. The third kappa shape index (κ3) is 1.01. The zero-order valence-corrected chi connectivity index (χ0v) is 8.05. The second kappa shape index (κ2) is 3.00. The van der Waals surface area contributed by atoms with Gasteiger partial charge in [0.1, 0.15) is 0 Å². The summed E-state index contributed by atoms with van der Waals surface area (Å²) >= 11 is 0. The molecule has 1 spiro atoms. The van der Waals surface area contributed by atoms with E-state index in [0.29, 0.717) is 11.6 Å². The van der Waals surface area contributed by atoms with Gasteiger partial charge in [-0.1, -0.05) is 6.92 Å². The van der Waals surface area contributed by atoms with Gasteiger partial charge in [-0.05, 0) is 38.6 Å². The summed E-state index contributed by atoms with van der Waals surface area (Å²) in [5.74, 6) is 0. The van der Waals surface area contributed by atoms with Crippen molar-refractivity contribution in [2.45, 2.75) is 50.6 Å². The van der Waals surface area contributed by atoms with Crippen LogP contribution < -0.4 is 5.73 Å². The quantitative estimate of drug-likeness (QED) is 0.674. The topological polar surface area (TPSA) is 29.3 Å². The van der Waals surface area contributed by atoms with Gasteiger partial charge < -0.3 is 5.73 Å². The Kier molecular flexibility index (Phi) is 2.13. The largest absolute Gasteiger partial charge is 0.326 e. The molecule has 2 heteroatoms. The first kappa shape index (κ1) is 8.52. The maximum absolute atomic E-state index is 6.15. The molecule has 2 N–H and O–H groups in total. The van der Waals surface area contributed by atoms with Crippen LogP contribution in [0, 0.1) is 0 Å². The molecule has 1 unspecified atom stereocenters. The van der Waals surface area contributed by atoms with E-state index in [1.54, 1.807) is 0 Å². The molecule has 2 aliphatic rings. The van der Waals surface area contributed by atoms with Crippen molar-refractivity contribution < 1.29 is 0 Å². The minimum absolute atomic E-state index is 0.454. The smallest absolute Gasteiger partial charge is 0.0360 e. The van der Waals surface area contributed by atoms with Crippen molar-refractivity contribution in [3.05, 3.63) is 0 Å². The van der Waals surface area contributed by atoms with Crippen LogP contribution in [0.4, 0.5) is 0 Å².